The van der Waals surface area contributed by atoms with Gasteiger partial charge in [-0.05, 0) is 50.8 Å². The summed E-state index contributed by atoms with van der Waals surface area (Å²) in [6.45, 7) is 8.95. The van der Waals surface area contributed by atoms with Crippen LogP contribution in [0.25, 0.3) is 0 Å². The summed E-state index contributed by atoms with van der Waals surface area (Å²) in [5, 5.41) is 0. The van der Waals surface area contributed by atoms with Gasteiger partial charge in [0.15, 0.2) is 11.6 Å². The molecule has 0 saturated heterocycles. The Hall–Kier alpha value is -2.40. The maximum Gasteiger partial charge on any atom is 0.190 e. The highest BCUT2D eigenvalue weighted by Crippen LogP contribution is 2.42. The van der Waals surface area contributed by atoms with Crippen LogP contribution in [0, 0.1) is 5.92 Å². The maximum absolute atomic E-state index is 12.6. The van der Waals surface area contributed by atoms with Crippen LogP contribution in [-0.2, 0) is 4.74 Å². The zero-order valence-electron chi connectivity index (χ0n) is 17.6. The maximum atomic E-state index is 12.6. The van der Waals surface area contributed by atoms with Crippen LogP contribution >= 0.6 is 0 Å². The number of carbonyl (C=O) groups is 2. The van der Waals surface area contributed by atoms with Crippen molar-refractivity contribution < 1.29 is 23.8 Å². The van der Waals surface area contributed by atoms with E-state index in [9.17, 15) is 9.59 Å². The van der Waals surface area contributed by atoms with Crippen LogP contribution in [0.15, 0.2) is 29.9 Å². The minimum Gasteiger partial charge on any atom is -0.496 e. The fourth-order valence-corrected chi connectivity index (χ4v) is 3.15. The molecule has 1 unspecified atom stereocenters. The molecule has 0 aromatic heterocycles. The SMILES string of the molecule is COc1cc(C(CC=C(C)C)OCCC(C)C)c(OC)c2c1C(=O)C=CC2=O. The second kappa shape index (κ2) is 9.69. The molecule has 0 amide bonds. The zero-order valence-corrected chi connectivity index (χ0v) is 17.6. The normalized spacial score (nSPS) is 14.1. The molecule has 0 fully saturated rings. The largest absolute Gasteiger partial charge is 0.496 e. The molecular formula is C23H30O5. The number of allylic oxidation sites excluding steroid dienone is 3. The van der Waals surface area contributed by atoms with Gasteiger partial charge in [-0.1, -0.05) is 25.5 Å². The third kappa shape index (κ3) is 4.90. The molecule has 1 aliphatic carbocycles. The smallest absolute Gasteiger partial charge is 0.190 e. The predicted molar refractivity (Wildman–Crippen MR) is 110 cm³/mol. The van der Waals surface area contributed by atoms with Gasteiger partial charge in [0.2, 0.25) is 0 Å². The molecule has 1 aliphatic rings. The van der Waals surface area contributed by atoms with Crippen LogP contribution in [0.1, 0.15) is 72.9 Å². The van der Waals surface area contributed by atoms with Gasteiger partial charge in [0.05, 0.1) is 31.5 Å². The summed E-state index contributed by atoms with van der Waals surface area (Å²) in [4.78, 5) is 25.0. The Balaban J connectivity index is 2.58. The lowest BCUT2D eigenvalue weighted by molar-refractivity contribution is 0.0457. The molecule has 5 heteroatoms. The quantitative estimate of drug-likeness (QED) is 0.553. The van der Waals surface area contributed by atoms with Gasteiger partial charge in [-0.25, -0.2) is 0 Å². The number of hydrogen-bond donors (Lipinski definition) is 0. The Morgan fingerprint density at radius 3 is 2.21 bits per heavy atom. The van der Waals surface area contributed by atoms with Gasteiger partial charge in [0.1, 0.15) is 11.5 Å². The van der Waals surface area contributed by atoms with Crippen molar-refractivity contribution in [2.75, 3.05) is 20.8 Å². The first-order chi connectivity index (χ1) is 13.3. The minimum atomic E-state index is -0.309. The second-order valence-corrected chi connectivity index (χ2v) is 7.57. The summed E-state index contributed by atoms with van der Waals surface area (Å²) in [6, 6.07) is 1.76. The first kappa shape index (κ1) is 21.9. The average molecular weight is 386 g/mol. The Kier molecular flexibility index (Phi) is 7.58. The third-order valence-electron chi connectivity index (χ3n) is 4.68. The van der Waals surface area contributed by atoms with Crippen LogP contribution in [0.3, 0.4) is 0 Å². The van der Waals surface area contributed by atoms with E-state index >= 15 is 0 Å². The molecule has 0 bridgehead atoms. The lowest BCUT2D eigenvalue weighted by Gasteiger charge is -2.25. The van der Waals surface area contributed by atoms with Crippen LogP contribution in [0.2, 0.25) is 0 Å². The number of carbonyl (C=O) groups excluding carboxylic acids is 2. The zero-order chi connectivity index (χ0) is 20.8. The highest BCUT2D eigenvalue weighted by atomic mass is 16.5. The van der Waals surface area contributed by atoms with Gasteiger partial charge >= 0.3 is 0 Å². The lowest BCUT2D eigenvalue weighted by atomic mass is 9.88. The first-order valence-corrected chi connectivity index (χ1v) is 9.60. The fraction of sp³-hybridized carbons (Fsp3) is 0.478. The molecule has 2 rings (SSSR count). The van der Waals surface area contributed by atoms with Crippen molar-refractivity contribution in [1.82, 2.24) is 0 Å². The summed E-state index contributed by atoms with van der Waals surface area (Å²) in [7, 11) is 3.00. The molecule has 0 aliphatic heterocycles. The van der Waals surface area contributed by atoms with E-state index in [4.69, 9.17) is 14.2 Å². The summed E-state index contributed by atoms with van der Waals surface area (Å²) < 4.78 is 17.3. The van der Waals surface area contributed by atoms with Gasteiger partial charge in [0, 0.05) is 12.2 Å². The highest BCUT2D eigenvalue weighted by Gasteiger charge is 2.32. The van der Waals surface area contributed by atoms with Crippen molar-refractivity contribution in [3.63, 3.8) is 0 Å². The van der Waals surface area contributed by atoms with Crippen molar-refractivity contribution in [1.29, 1.82) is 0 Å². The van der Waals surface area contributed by atoms with E-state index in [1.54, 1.807) is 6.07 Å². The first-order valence-electron chi connectivity index (χ1n) is 9.60. The Morgan fingerprint density at radius 1 is 1.04 bits per heavy atom. The van der Waals surface area contributed by atoms with Crippen molar-refractivity contribution in [2.24, 2.45) is 5.92 Å². The van der Waals surface area contributed by atoms with Gasteiger partial charge < -0.3 is 14.2 Å². The molecule has 28 heavy (non-hydrogen) atoms. The molecule has 0 spiro atoms. The molecule has 1 aromatic carbocycles. The number of ether oxygens (including phenoxy) is 3. The van der Waals surface area contributed by atoms with E-state index in [2.05, 4.69) is 19.9 Å². The van der Waals surface area contributed by atoms with E-state index in [1.807, 2.05) is 13.8 Å². The van der Waals surface area contributed by atoms with Crippen LogP contribution in [-0.4, -0.2) is 32.4 Å². The van der Waals surface area contributed by atoms with E-state index in [0.717, 1.165) is 12.0 Å². The van der Waals surface area contributed by atoms with Gasteiger partial charge in [-0.15, -0.1) is 0 Å². The average Bonchev–Trinajstić information content (AvgIpc) is 2.65. The predicted octanol–water partition coefficient (Wildman–Crippen LogP) is 5.10. The minimum absolute atomic E-state index is 0.249. The molecule has 0 radical (unpaired) electrons. The number of methoxy groups -OCH3 is 2. The molecule has 0 N–H and O–H groups in total. The Morgan fingerprint density at radius 2 is 1.68 bits per heavy atom. The van der Waals surface area contributed by atoms with Crippen molar-refractivity contribution in [3.8, 4) is 11.5 Å². The Labute approximate surface area is 167 Å². The standard InChI is InChI=1S/C23H30O5/c1-14(2)7-10-19(28-12-11-15(3)4)16-13-20(26-5)21-17(24)8-9-18(25)22(21)23(16)27-6/h7-9,13,15,19H,10-12H2,1-6H3. The number of hydrogen-bond acceptors (Lipinski definition) is 5. The number of fused-ring (bicyclic) bond motifs is 1. The fourth-order valence-electron chi connectivity index (χ4n) is 3.15. The van der Waals surface area contributed by atoms with Crippen molar-refractivity contribution in [2.45, 2.75) is 46.6 Å². The van der Waals surface area contributed by atoms with Gasteiger partial charge in [-0.3, -0.25) is 9.59 Å². The van der Waals surface area contributed by atoms with Crippen molar-refractivity contribution in [3.05, 3.63) is 46.6 Å². The highest BCUT2D eigenvalue weighted by molar-refractivity contribution is 6.24. The van der Waals surface area contributed by atoms with E-state index in [0.29, 0.717) is 30.4 Å². The molecular weight excluding hydrogens is 356 g/mol. The molecule has 152 valence electrons. The molecule has 0 heterocycles. The lowest BCUT2D eigenvalue weighted by Crippen LogP contribution is -2.18. The summed E-state index contributed by atoms with van der Waals surface area (Å²) >= 11 is 0. The van der Waals surface area contributed by atoms with E-state index in [-0.39, 0.29) is 28.8 Å². The van der Waals surface area contributed by atoms with Crippen LogP contribution < -0.4 is 9.47 Å². The van der Waals surface area contributed by atoms with Gasteiger partial charge in [-0.2, -0.15) is 0 Å². The molecule has 0 saturated carbocycles. The summed E-state index contributed by atoms with van der Waals surface area (Å²) in [6.07, 6.45) is 5.90. The van der Waals surface area contributed by atoms with Crippen molar-refractivity contribution >= 4 is 11.6 Å². The third-order valence-corrected chi connectivity index (χ3v) is 4.68. The monoisotopic (exact) mass is 386 g/mol. The number of benzene rings is 1. The van der Waals surface area contributed by atoms with Gasteiger partial charge in [0.25, 0.3) is 0 Å². The van der Waals surface area contributed by atoms with E-state index < -0.39 is 0 Å². The molecule has 5 nitrogen and oxygen atoms in total. The number of ketones is 2. The van der Waals surface area contributed by atoms with E-state index in [1.165, 1.54) is 31.9 Å². The molecule has 1 atom stereocenters. The van der Waals surface area contributed by atoms with Crippen LogP contribution in [0.5, 0.6) is 11.5 Å². The topological polar surface area (TPSA) is 61.8 Å². The molecule has 1 aromatic rings. The Bertz CT molecular complexity index is 798. The number of rotatable bonds is 9. The second-order valence-electron chi connectivity index (χ2n) is 7.57. The van der Waals surface area contributed by atoms with Crippen LogP contribution in [0.4, 0.5) is 0 Å². The summed E-state index contributed by atoms with van der Waals surface area (Å²) in [5.74, 6) is 0.736. The summed E-state index contributed by atoms with van der Waals surface area (Å²) in [5.41, 5.74) is 2.39.